The van der Waals surface area contributed by atoms with Crippen LogP contribution < -0.4 is 5.32 Å². The van der Waals surface area contributed by atoms with E-state index in [4.69, 9.17) is 11.6 Å². The summed E-state index contributed by atoms with van der Waals surface area (Å²) in [5.74, 6) is -5.06. The Balaban J connectivity index is 1.58. The summed E-state index contributed by atoms with van der Waals surface area (Å²) in [7, 11) is 1.58. The topological polar surface area (TPSA) is 64.7 Å². The lowest BCUT2D eigenvalue weighted by Crippen LogP contribution is -2.29. The molecule has 0 saturated heterocycles. The number of carbonyl (C=O) groups is 1. The van der Waals surface area contributed by atoms with E-state index in [1.165, 1.54) is 9.36 Å². The molecule has 0 atom stereocenters. The fourth-order valence-corrected chi connectivity index (χ4v) is 4.91. The van der Waals surface area contributed by atoms with E-state index < -0.39 is 18.1 Å². The molecule has 0 unspecified atom stereocenters. The van der Waals surface area contributed by atoms with Gasteiger partial charge in [-0.1, -0.05) is 29.4 Å². The highest BCUT2D eigenvalue weighted by Gasteiger charge is 2.41. The van der Waals surface area contributed by atoms with Crippen LogP contribution in [0.25, 0.3) is 16.9 Å². The summed E-state index contributed by atoms with van der Waals surface area (Å²) < 4.78 is 54.7. The van der Waals surface area contributed by atoms with E-state index in [1.807, 2.05) is 0 Å². The normalized spacial score (nSPS) is 14.2. The lowest BCUT2D eigenvalue weighted by atomic mass is 10.1. The summed E-state index contributed by atoms with van der Waals surface area (Å²) in [4.78, 5) is 12.5. The molecule has 13 heteroatoms. The molecule has 4 rings (SSSR count). The van der Waals surface area contributed by atoms with E-state index in [1.54, 1.807) is 37.6 Å². The number of halogens is 6. The molecular formula is C20H17BrClF4N5OS. The first-order valence-electron chi connectivity index (χ1n) is 9.74. The highest BCUT2D eigenvalue weighted by atomic mass is 79.9. The third-order valence-corrected chi connectivity index (χ3v) is 7.32. The molecule has 3 aromatic rings. The number of hydrogen-bond donors (Lipinski definition) is 1. The van der Waals surface area contributed by atoms with Crippen molar-refractivity contribution in [1.82, 2.24) is 24.9 Å². The van der Waals surface area contributed by atoms with Crippen LogP contribution in [-0.4, -0.2) is 49.6 Å². The van der Waals surface area contributed by atoms with Gasteiger partial charge < -0.3 is 5.32 Å². The van der Waals surface area contributed by atoms with Gasteiger partial charge in [0, 0.05) is 24.8 Å². The Morgan fingerprint density at radius 2 is 2.09 bits per heavy atom. The maximum absolute atomic E-state index is 13.3. The molecule has 1 fully saturated rings. The summed E-state index contributed by atoms with van der Waals surface area (Å²) in [5, 5.41) is 11.8. The summed E-state index contributed by atoms with van der Waals surface area (Å²) in [5.41, 5.74) is 1.74. The number of nitrogens with zero attached hydrogens (tertiary/aromatic N) is 4. The molecule has 0 radical (unpaired) electrons. The summed E-state index contributed by atoms with van der Waals surface area (Å²) in [6, 6.07) is 5.25. The second-order valence-electron chi connectivity index (χ2n) is 7.53. The Hall–Kier alpha value is -2.05. The Kier molecular flexibility index (Phi) is 6.79. The molecule has 1 saturated carbocycles. The van der Waals surface area contributed by atoms with Crippen LogP contribution >= 0.6 is 39.3 Å². The zero-order valence-electron chi connectivity index (χ0n) is 17.0. The number of carbonyl (C=O) groups excluding carboxylic acids is 1. The van der Waals surface area contributed by atoms with Gasteiger partial charge in [-0.25, -0.2) is 18.1 Å². The number of benzene rings is 1. The standard InChI is InChI=1S/C20H17BrClF4N5OS/c1-30-18(15(21)17(29-30)33-9-20(25,26)19(23)24)31-8-11(7-27-31)10-2-5-14(22)13(6-10)16(32)28-12-3-4-12/h2,5-8,12,19H,3-4,9H2,1H3,(H,28,32). The Labute approximate surface area is 203 Å². The molecule has 1 N–H and O–H groups in total. The number of nitrogens with one attached hydrogen (secondary N) is 1. The highest BCUT2D eigenvalue weighted by molar-refractivity contribution is 9.10. The van der Waals surface area contributed by atoms with Crippen molar-refractivity contribution in [3.8, 4) is 16.9 Å². The van der Waals surface area contributed by atoms with Crippen molar-refractivity contribution in [3.05, 3.63) is 45.7 Å². The SMILES string of the molecule is Cn1nc(SCC(F)(F)C(F)F)c(Br)c1-n1cc(-c2ccc(Cl)c(C(=O)NC3CC3)c2)cn1. The second kappa shape index (κ2) is 9.30. The highest BCUT2D eigenvalue weighted by Crippen LogP contribution is 2.37. The fourth-order valence-electron chi connectivity index (χ4n) is 2.99. The first kappa shape index (κ1) is 24.1. The first-order chi connectivity index (χ1) is 15.6. The average molecular weight is 567 g/mol. The van der Waals surface area contributed by atoms with Gasteiger partial charge in [0.1, 0.15) is 5.03 Å². The zero-order valence-corrected chi connectivity index (χ0v) is 20.2. The maximum Gasteiger partial charge on any atom is 0.316 e. The van der Waals surface area contributed by atoms with E-state index in [-0.39, 0.29) is 17.0 Å². The molecule has 1 aromatic carbocycles. The number of hydrogen-bond acceptors (Lipinski definition) is 4. The van der Waals surface area contributed by atoms with Crippen molar-refractivity contribution in [2.75, 3.05) is 5.75 Å². The fraction of sp³-hybridized carbons (Fsp3) is 0.350. The minimum absolute atomic E-state index is 0.135. The van der Waals surface area contributed by atoms with Crippen molar-refractivity contribution in [2.24, 2.45) is 7.05 Å². The first-order valence-corrected chi connectivity index (χ1v) is 11.9. The lowest BCUT2D eigenvalue weighted by molar-refractivity contribution is -0.110. The third-order valence-electron chi connectivity index (χ3n) is 4.91. The van der Waals surface area contributed by atoms with Gasteiger partial charge in [-0.3, -0.25) is 4.79 Å². The van der Waals surface area contributed by atoms with Crippen LogP contribution in [0.15, 0.2) is 40.1 Å². The number of aryl methyl sites for hydroxylation is 1. The number of rotatable bonds is 8. The van der Waals surface area contributed by atoms with Gasteiger partial charge in [0.15, 0.2) is 5.82 Å². The zero-order chi connectivity index (χ0) is 23.9. The number of amides is 1. The predicted octanol–water partition coefficient (Wildman–Crippen LogP) is 5.57. The molecule has 2 heterocycles. The molecule has 2 aromatic heterocycles. The summed E-state index contributed by atoms with van der Waals surface area (Å²) in [6.45, 7) is 0. The molecule has 6 nitrogen and oxygen atoms in total. The molecule has 0 spiro atoms. The molecule has 176 valence electrons. The number of aromatic nitrogens is 4. The van der Waals surface area contributed by atoms with E-state index in [0.717, 1.165) is 12.8 Å². The summed E-state index contributed by atoms with van der Waals surface area (Å²) in [6.07, 6.45) is 1.40. The molecule has 1 aliphatic rings. The third kappa shape index (κ3) is 5.22. The quantitative estimate of drug-likeness (QED) is 0.286. The maximum atomic E-state index is 13.3. The van der Waals surface area contributed by atoms with Crippen molar-refractivity contribution < 1.29 is 22.4 Å². The van der Waals surface area contributed by atoms with Crippen molar-refractivity contribution in [1.29, 1.82) is 0 Å². The predicted molar refractivity (Wildman–Crippen MR) is 121 cm³/mol. The van der Waals surface area contributed by atoms with Gasteiger partial charge in [-0.2, -0.15) is 19.0 Å². The largest absolute Gasteiger partial charge is 0.349 e. The van der Waals surface area contributed by atoms with E-state index >= 15 is 0 Å². The van der Waals surface area contributed by atoms with Gasteiger partial charge in [0.05, 0.1) is 27.0 Å². The van der Waals surface area contributed by atoms with Crippen molar-refractivity contribution >= 4 is 45.2 Å². The van der Waals surface area contributed by atoms with E-state index in [0.29, 0.717) is 43.8 Å². The molecular weight excluding hydrogens is 550 g/mol. The van der Waals surface area contributed by atoms with Gasteiger partial charge in [0.25, 0.3) is 5.91 Å². The van der Waals surface area contributed by atoms with Crippen LogP contribution in [0.5, 0.6) is 0 Å². The van der Waals surface area contributed by atoms with Gasteiger partial charge in [0.2, 0.25) is 0 Å². The molecule has 0 bridgehead atoms. The van der Waals surface area contributed by atoms with Crippen LogP contribution in [0.2, 0.25) is 5.02 Å². The lowest BCUT2D eigenvalue weighted by Gasteiger charge is -2.13. The van der Waals surface area contributed by atoms with Gasteiger partial charge >= 0.3 is 12.3 Å². The van der Waals surface area contributed by atoms with Crippen LogP contribution in [0, 0.1) is 0 Å². The minimum Gasteiger partial charge on any atom is -0.349 e. The van der Waals surface area contributed by atoms with Gasteiger partial charge in [-0.15, -0.1) is 0 Å². The van der Waals surface area contributed by atoms with Crippen LogP contribution in [-0.2, 0) is 7.05 Å². The molecule has 33 heavy (non-hydrogen) atoms. The van der Waals surface area contributed by atoms with Crippen molar-refractivity contribution in [2.45, 2.75) is 36.3 Å². The summed E-state index contributed by atoms with van der Waals surface area (Å²) >= 11 is 10.0. The molecule has 1 amide bonds. The van der Waals surface area contributed by atoms with Gasteiger partial charge in [-0.05, 0) is 46.5 Å². The number of alkyl halides is 4. The second-order valence-corrected chi connectivity index (χ2v) is 9.70. The van der Waals surface area contributed by atoms with E-state index in [9.17, 15) is 22.4 Å². The Morgan fingerprint density at radius 3 is 2.76 bits per heavy atom. The molecule has 0 aliphatic heterocycles. The average Bonchev–Trinajstić information content (AvgIpc) is 3.35. The van der Waals surface area contributed by atoms with Crippen LogP contribution in [0.3, 0.4) is 0 Å². The minimum atomic E-state index is -4.13. The van der Waals surface area contributed by atoms with E-state index in [2.05, 4.69) is 31.4 Å². The van der Waals surface area contributed by atoms with Crippen molar-refractivity contribution in [3.63, 3.8) is 0 Å². The Bertz CT molecular complexity index is 1200. The molecule has 1 aliphatic carbocycles. The van der Waals surface area contributed by atoms with Crippen LogP contribution in [0.4, 0.5) is 17.6 Å². The monoisotopic (exact) mass is 565 g/mol. The number of thioether (sulfide) groups is 1. The smallest absolute Gasteiger partial charge is 0.316 e. The van der Waals surface area contributed by atoms with Crippen LogP contribution in [0.1, 0.15) is 23.2 Å². The Morgan fingerprint density at radius 1 is 1.36 bits per heavy atom.